The Bertz CT molecular complexity index is 527. The fraction of sp³-hybridized carbons (Fsp3) is 0.538. The molecule has 1 atom stereocenters. The van der Waals surface area contributed by atoms with E-state index in [-0.39, 0.29) is 6.04 Å². The lowest BCUT2D eigenvalue weighted by molar-refractivity contribution is 0.519. The number of nitrogens with zero attached hydrogens (tertiary/aromatic N) is 4. The van der Waals surface area contributed by atoms with Gasteiger partial charge in [0.25, 0.3) is 0 Å². The fourth-order valence-corrected chi connectivity index (χ4v) is 2.39. The van der Waals surface area contributed by atoms with Gasteiger partial charge in [-0.25, -0.2) is 5.43 Å². The Morgan fingerprint density at radius 1 is 1.42 bits per heavy atom. The highest BCUT2D eigenvalue weighted by atomic mass is 15.3. The lowest BCUT2D eigenvalue weighted by atomic mass is 10.0. The van der Waals surface area contributed by atoms with E-state index in [4.69, 9.17) is 5.84 Å². The average Bonchev–Trinajstić information content (AvgIpc) is 2.99. The van der Waals surface area contributed by atoms with Gasteiger partial charge < -0.3 is 0 Å². The number of hydrazine groups is 1. The first-order chi connectivity index (χ1) is 9.21. The molecule has 2 rings (SSSR count). The summed E-state index contributed by atoms with van der Waals surface area (Å²) in [6.45, 7) is 5.13. The van der Waals surface area contributed by atoms with Gasteiger partial charge in [-0.3, -0.25) is 15.2 Å². The molecule has 19 heavy (non-hydrogen) atoms. The van der Waals surface area contributed by atoms with Gasteiger partial charge in [0, 0.05) is 31.5 Å². The van der Waals surface area contributed by atoms with Gasteiger partial charge in [0.05, 0.1) is 17.4 Å². The van der Waals surface area contributed by atoms with Gasteiger partial charge in [-0.05, 0) is 18.9 Å². The van der Waals surface area contributed by atoms with Gasteiger partial charge in [-0.15, -0.1) is 0 Å². The van der Waals surface area contributed by atoms with Crippen molar-refractivity contribution in [2.45, 2.75) is 39.3 Å². The molecule has 0 radical (unpaired) electrons. The second-order valence-corrected chi connectivity index (χ2v) is 4.64. The van der Waals surface area contributed by atoms with Crippen molar-refractivity contribution in [3.8, 4) is 0 Å². The van der Waals surface area contributed by atoms with E-state index in [1.165, 1.54) is 0 Å². The third kappa shape index (κ3) is 2.69. The van der Waals surface area contributed by atoms with Crippen molar-refractivity contribution in [3.05, 3.63) is 35.4 Å². The Labute approximate surface area is 113 Å². The number of nitrogens with two attached hydrogens (primary N) is 1. The zero-order valence-electron chi connectivity index (χ0n) is 11.8. The second-order valence-electron chi connectivity index (χ2n) is 4.64. The van der Waals surface area contributed by atoms with Gasteiger partial charge in [-0.2, -0.15) is 10.2 Å². The average molecular weight is 262 g/mol. The number of hydrogen-bond donors (Lipinski definition) is 2. The van der Waals surface area contributed by atoms with Crippen LogP contribution in [0.5, 0.6) is 0 Å². The van der Waals surface area contributed by atoms with Crippen LogP contribution in [-0.4, -0.2) is 19.6 Å². The first-order valence-electron chi connectivity index (χ1n) is 6.71. The highest BCUT2D eigenvalue weighted by molar-refractivity contribution is 5.29. The molecule has 0 saturated heterocycles. The smallest absolute Gasteiger partial charge is 0.0911 e. The van der Waals surface area contributed by atoms with Crippen LogP contribution in [0.4, 0.5) is 0 Å². The Kier molecular flexibility index (Phi) is 4.34. The summed E-state index contributed by atoms with van der Waals surface area (Å²) in [5.41, 5.74) is 6.15. The molecule has 2 aromatic rings. The molecule has 1 unspecified atom stereocenters. The van der Waals surface area contributed by atoms with Crippen LogP contribution in [0, 0.1) is 0 Å². The van der Waals surface area contributed by atoms with E-state index in [1.54, 1.807) is 0 Å². The summed E-state index contributed by atoms with van der Waals surface area (Å²) in [6, 6.07) is 1.93. The Hall–Kier alpha value is -1.66. The SMILES string of the molecule is CCCn1nccc1C(NN)c1cn(C)nc1CC. The maximum atomic E-state index is 5.77. The highest BCUT2D eigenvalue weighted by Crippen LogP contribution is 2.24. The van der Waals surface area contributed by atoms with E-state index in [0.29, 0.717) is 0 Å². The fourth-order valence-electron chi connectivity index (χ4n) is 2.39. The van der Waals surface area contributed by atoms with Crippen molar-refractivity contribution in [3.63, 3.8) is 0 Å². The molecule has 2 heterocycles. The maximum Gasteiger partial charge on any atom is 0.0911 e. The largest absolute Gasteiger partial charge is 0.275 e. The summed E-state index contributed by atoms with van der Waals surface area (Å²) in [6.07, 6.45) is 5.76. The third-order valence-corrected chi connectivity index (χ3v) is 3.23. The minimum absolute atomic E-state index is 0.0716. The zero-order chi connectivity index (χ0) is 13.8. The third-order valence-electron chi connectivity index (χ3n) is 3.23. The van der Waals surface area contributed by atoms with E-state index >= 15 is 0 Å². The summed E-state index contributed by atoms with van der Waals surface area (Å²) in [5.74, 6) is 5.77. The van der Waals surface area contributed by atoms with Crippen LogP contribution in [0.25, 0.3) is 0 Å². The number of aryl methyl sites for hydroxylation is 3. The van der Waals surface area contributed by atoms with Crippen LogP contribution < -0.4 is 11.3 Å². The molecule has 0 bridgehead atoms. The maximum absolute atomic E-state index is 5.77. The normalized spacial score (nSPS) is 12.8. The molecule has 0 spiro atoms. The van der Waals surface area contributed by atoms with Gasteiger partial charge in [0.2, 0.25) is 0 Å². The van der Waals surface area contributed by atoms with Crippen LogP contribution >= 0.6 is 0 Å². The Morgan fingerprint density at radius 2 is 2.21 bits per heavy atom. The van der Waals surface area contributed by atoms with Crippen molar-refractivity contribution in [2.75, 3.05) is 0 Å². The molecule has 6 heteroatoms. The first kappa shape index (κ1) is 13.8. The van der Waals surface area contributed by atoms with Gasteiger partial charge in [0.1, 0.15) is 0 Å². The van der Waals surface area contributed by atoms with Crippen molar-refractivity contribution < 1.29 is 0 Å². The molecular weight excluding hydrogens is 240 g/mol. The quantitative estimate of drug-likeness (QED) is 0.605. The van der Waals surface area contributed by atoms with Crippen molar-refractivity contribution in [2.24, 2.45) is 12.9 Å². The van der Waals surface area contributed by atoms with Gasteiger partial charge in [0.15, 0.2) is 0 Å². The number of hydrogen-bond acceptors (Lipinski definition) is 4. The molecule has 0 aromatic carbocycles. The minimum Gasteiger partial charge on any atom is -0.275 e. The molecule has 104 valence electrons. The predicted octanol–water partition coefficient (Wildman–Crippen LogP) is 1.14. The lowest BCUT2D eigenvalue weighted by Gasteiger charge is -2.17. The number of rotatable bonds is 6. The standard InChI is InChI=1S/C13H22N6/c1-4-8-19-12(6-7-15-19)13(16-14)10-9-18(3)17-11(10)5-2/h6-7,9,13,16H,4-5,8,14H2,1-3H3. The highest BCUT2D eigenvalue weighted by Gasteiger charge is 2.21. The Morgan fingerprint density at radius 3 is 2.84 bits per heavy atom. The van der Waals surface area contributed by atoms with Gasteiger partial charge >= 0.3 is 0 Å². The van der Waals surface area contributed by atoms with E-state index < -0.39 is 0 Å². The molecular formula is C13H22N6. The van der Waals surface area contributed by atoms with Crippen molar-refractivity contribution >= 4 is 0 Å². The molecule has 0 saturated carbocycles. The van der Waals surface area contributed by atoms with E-state index in [2.05, 4.69) is 29.5 Å². The van der Waals surface area contributed by atoms with Crippen LogP contribution in [0.1, 0.15) is 43.3 Å². The van der Waals surface area contributed by atoms with E-state index in [9.17, 15) is 0 Å². The second kappa shape index (κ2) is 5.99. The molecule has 0 aliphatic heterocycles. The Balaban J connectivity index is 2.40. The number of nitrogens with one attached hydrogen (secondary N) is 1. The van der Waals surface area contributed by atoms with Gasteiger partial charge in [-0.1, -0.05) is 13.8 Å². The van der Waals surface area contributed by atoms with Crippen LogP contribution in [0.3, 0.4) is 0 Å². The number of aromatic nitrogens is 4. The summed E-state index contributed by atoms with van der Waals surface area (Å²) >= 11 is 0. The predicted molar refractivity (Wildman–Crippen MR) is 74.3 cm³/mol. The van der Waals surface area contributed by atoms with Crippen LogP contribution in [0.15, 0.2) is 18.5 Å². The molecule has 0 aliphatic rings. The molecule has 0 aliphatic carbocycles. The monoisotopic (exact) mass is 262 g/mol. The van der Waals surface area contributed by atoms with Crippen molar-refractivity contribution in [1.82, 2.24) is 25.0 Å². The molecule has 6 nitrogen and oxygen atoms in total. The molecule has 2 aromatic heterocycles. The summed E-state index contributed by atoms with van der Waals surface area (Å²) in [4.78, 5) is 0. The van der Waals surface area contributed by atoms with E-state index in [1.807, 2.05) is 34.9 Å². The topological polar surface area (TPSA) is 73.7 Å². The van der Waals surface area contributed by atoms with E-state index in [0.717, 1.165) is 36.3 Å². The molecule has 0 amide bonds. The van der Waals surface area contributed by atoms with Crippen LogP contribution in [0.2, 0.25) is 0 Å². The zero-order valence-corrected chi connectivity index (χ0v) is 11.8. The van der Waals surface area contributed by atoms with Crippen molar-refractivity contribution in [1.29, 1.82) is 0 Å². The summed E-state index contributed by atoms with van der Waals surface area (Å²) in [5, 5.41) is 8.83. The summed E-state index contributed by atoms with van der Waals surface area (Å²) < 4.78 is 3.83. The van der Waals surface area contributed by atoms with Crippen LogP contribution in [-0.2, 0) is 20.0 Å². The lowest BCUT2D eigenvalue weighted by Crippen LogP contribution is -2.31. The molecule has 3 N–H and O–H groups in total. The minimum atomic E-state index is -0.0716. The molecule has 0 fully saturated rings. The first-order valence-corrected chi connectivity index (χ1v) is 6.71. The summed E-state index contributed by atoms with van der Waals surface area (Å²) in [7, 11) is 1.93.